The van der Waals surface area contributed by atoms with E-state index in [1.54, 1.807) is 6.92 Å². The topological polar surface area (TPSA) is 76.6 Å². The van der Waals surface area contributed by atoms with E-state index in [2.05, 4.69) is 20.9 Å². The third-order valence-electron chi connectivity index (χ3n) is 6.24. The SMILES string of the molecule is CC(=O)c1sc(N2C(=O)C3=C(C(=O)C4CCCCC4O3)C2c2cccc(Br)c2)nc1C. The molecule has 31 heavy (non-hydrogen) atoms. The van der Waals surface area contributed by atoms with Gasteiger partial charge in [-0.05, 0) is 43.9 Å². The summed E-state index contributed by atoms with van der Waals surface area (Å²) in [6.45, 7) is 3.25. The lowest BCUT2D eigenvalue weighted by Gasteiger charge is -2.35. The van der Waals surface area contributed by atoms with Gasteiger partial charge in [-0.25, -0.2) is 4.98 Å². The van der Waals surface area contributed by atoms with Crippen LogP contribution in [0.15, 0.2) is 40.1 Å². The van der Waals surface area contributed by atoms with Crippen molar-refractivity contribution in [1.29, 1.82) is 0 Å². The Balaban J connectivity index is 1.67. The van der Waals surface area contributed by atoms with Gasteiger partial charge in [0.05, 0.1) is 28.1 Å². The Morgan fingerprint density at radius 1 is 1.26 bits per heavy atom. The number of aromatic nitrogens is 1. The highest BCUT2D eigenvalue weighted by Crippen LogP contribution is 2.49. The number of carbonyl (C=O) groups excluding carboxylic acids is 3. The second-order valence-corrected chi connectivity index (χ2v) is 10.1. The molecule has 3 heterocycles. The molecule has 1 amide bonds. The zero-order valence-corrected chi connectivity index (χ0v) is 19.6. The van der Waals surface area contributed by atoms with Crippen molar-refractivity contribution in [2.75, 3.05) is 4.90 Å². The molecular formula is C23H21BrN2O4S. The van der Waals surface area contributed by atoms with Crippen molar-refractivity contribution in [3.05, 3.63) is 56.2 Å². The number of fused-ring (bicyclic) bond motifs is 1. The molecule has 3 unspecified atom stereocenters. The van der Waals surface area contributed by atoms with Crippen LogP contribution in [0.1, 0.15) is 59.6 Å². The van der Waals surface area contributed by atoms with Crippen LogP contribution in [-0.4, -0.2) is 28.6 Å². The zero-order chi connectivity index (χ0) is 21.9. The highest BCUT2D eigenvalue weighted by atomic mass is 79.9. The lowest BCUT2D eigenvalue weighted by Crippen LogP contribution is -2.39. The summed E-state index contributed by atoms with van der Waals surface area (Å²) in [4.78, 5) is 45.8. The number of Topliss-reactive ketones (excluding diaryl/α,β-unsaturated/α-hetero) is 2. The van der Waals surface area contributed by atoms with Crippen molar-refractivity contribution >= 4 is 49.9 Å². The number of nitrogens with zero attached hydrogens (tertiary/aromatic N) is 2. The Bertz CT molecular complexity index is 1150. The molecule has 0 radical (unpaired) electrons. The smallest absolute Gasteiger partial charge is 0.296 e. The van der Waals surface area contributed by atoms with Crippen LogP contribution in [0.5, 0.6) is 0 Å². The second kappa shape index (κ2) is 7.67. The Morgan fingerprint density at radius 3 is 2.74 bits per heavy atom. The van der Waals surface area contributed by atoms with E-state index in [0.29, 0.717) is 21.3 Å². The molecule has 2 aliphatic heterocycles. The summed E-state index contributed by atoms with van der Waals surface area (Å²) in [6, 6.07) is 6.97. The number of aryl methyl sites for hydroxylation is 1. The Hall–Kier alpha value is -2.32. The standard InChI is InChI=1S/C23H21BrN2O4S/c1-11-21(12(2)27)31-23(25-11)26-18(13-6-5-7-14(24)10-13)17-19(28)15-8-3-4-9-16(15)30-20(17)22(26)29/h5-7,10,15-16,18H,3-4,8-9H2,1-2H3. The highest BCUT2D eigenvalue weighted by molar-refractivity contribution is 9.10. The molecule has 6 nitrogen and oxygen atoms in total. The summed E-state index contributed by atoms with van der Waals surface area (Å²) < 4.78 is 7.03. The summed E-state index contributed by atoms with van der Waals surface area (Å²) in [5.41, 5.74) is 1.80. The summed E-state index contributed by atoms with van der Waals surface area (Å²) in [7, 11) is 0. The number of thiazole rings is 1. The Morgan fingerprint density at radius 2 is 2.03 bits per heavy atom. The molecule has 1 fully saturated rings. The number of benzene rings is 1. The van der Waals surface area contributed by atoms with Gasteiger partial charge >= 0.3 is 0 Å². The molecule has 160 valence electrons. The molecule has 8 heteroatoms. The number of ketones is 2. The van der Waals surface area contributed by atoms with E-state index in [4.69, 9.17) is 4.74 Å². The van der Waals surface area contributed by atoms with E-state index >= 15 is 0 Å². The van der Waals surface area contributed by atoms with Crippen LogP contribution in [0.4, 0.5) is 5.13 Å². The van der Waals surface area contributed by atoms with E-state index in [-0.39, 0.29) is 35.3 Å². The summed E-state index contributed by atoms with van der Waals surface area (Å²) >= 11 is 4.68. The Kier molecular flexibility index (Phi) is 5.09. The predicted octanol–water partition coefficient (Wildman–Crippen LogP) is 4.92. The quantitative estimate of drug-likeness (QED) is 0.559. The van der Waals surface area contributed by atoms with E-state index < -0.39 is 6.04 Å². The minimum Gasteiger partial charge on any atom is -0.483 e. The molecule has 1 aliphatic carbocycles. The van der Waals surface area contributed by atoms with Gasteiger partial charge in [-0.2, -0.15) is 0 Å². The number of anilines is 1. The average Bonchev–Trinajstić information content (AvgIpc) is 3.26. The molecule has 2 aromatic rings. The van der Waals surface area contributed by atoms with Gasteiger partial charge in [-0.3, -0.25) is 19.3 Å². The molecule has 1 aromatic heterocycles. The molecular weight excluding hydrogens is 480 g/mol. The average molecular weight is 501 g/mol. The van der Waals surface area contributed by atoms with Crippen molar-refractivity contribution in [2.45, 2.75) is 51.7 Å². The molecule has 0 saturated heterocycles. The van der Waals surface area contributed by atoms with Gasteiger partial charge in [0.1, 0.15) is 6.10 Å². The number of carbonyl (C=O) groups is 3. The minimum atomic E-state index is -0.624. The van der Waals surface area contributed by atoms with Crippen molar-refractivity contribution in [3.8, 4) is 0 Å². The number of hydrogen-bond donors (Lipinski definition) is 0. The fourth-order valence-electron chi connectivity index (χ4n) is 4.85. The third kappa shape index (κ3) is 3.27. The van der Waals surface area contributed by atoms with Crippen molar-refractivity contribution < 1.29 is 19.1 Å². The second-order valence-electron chi connectivity index (χ2n) is 8.25. The maximum absolute atomic E-state index is 13.6. The molecule has 0 N–H and O–H groups in total. The van der Waals surface area contributed by atoms with E-state index in [1.807, 2.05) is 24.3 Å². The molecule has 1 saturated carbocycles. The van der Waals surface area contributed by atoms with Crippen LogP contribution in [-0.2, 0) is 14.3 Å². The van der Waals surface area contributed by atoms with Gasteiger partial charge in [0.25, 0.3) is 5.91 Å². The van der Waals surface area contributed by atoms with Gasteiger partial charge in [-0.15, -0.1) is 0 Å². The monoisotopic (exact) mass is 500 g/mol. The van der Waals surface area contributed by atoms with Crippen molar-refractivity contribution in [1.82, 2.24) is 4.98 Å². The highest BCUT2D eigenvalue weighted by Gasteiger charge is 2.53. The Labute approximate surface area is 192 Å². The maximum atomic E-state index is 13.6. The lowest BCUT2D eigenvalue weighted by molar-refractivity contribution is -0.131. The first-order chi connectivity index (χ1) is 14.9. The molecule has 0 spiro atoms. The van der Waals surface area contributed by atoms with Crippen LogP contribution in [0, 0.1) is 12.8 Å². The number of hydrogen-bond acceptors (Lipinski definition) is 6. The number of rotatable bonds is 3. The molecule has 1 aromatic carbocycles. The lowest BCUT2D eigenvalue weighted by atomic mass is 9.77. The number of ether oxygens (including phenoxy) is 1. The molecule has 3 aliphatic rings. The van der Waals surface area contributed by atoms with Gasteiger partial charge in [0.15, 0.2) is 22.5 Å². The predicted molar refractivity (Wildman–Crippen MR) is 120 cm³/mol. The van der Waals surface area contributed by atoms with Gasteiger partial charge in [-0.1, -0.05) is 45.8 Å². The first-order valence-electron chi connectivity index (χ1n) is 10.4. The first kappa shape index (κ1) is 20.6. The van der Waals surface area contributed by atoms with Gasteiger partial charge in [0.2, 0.25) is 0 Å². The molecule has 5 rings (SSSR count). The van der Waals surface area contributed by atoms with E-state index in [1.165, 1.54) is 23.2 Å². The zero-order valence-electron chi connectivity index (χ0n) is 17.2. The van der Waals surface area contributed by atoms with Crippen molar-refractivity contribution in [3.63, 3.8) is 0 Å². The fraction of sp³-hybridized carbons (Fsp3) is 0.391. The van der Waals surface area contributed by atoms with E-state index in [0.717, 1.165) is 35.7 Å². The minimum absolute atomic E-state index is 0.00634. The van der Waals surface area contributed by atoms with Crippen LogP contribution in [0.25, 0.3) is 0 Å². The number of halogens is 1. The van der Waals surface area contributed by atoms with Crippen LogP contribution < -0.4 is 4.90 Å². The number of amides is 1. The van der Waals surface area contributed by atoms with Crippen molar-refractivity contribution in [2.24, 2.45) is 5.92 Å². The molecule has 0 bridgehead atoms. The van der Waals surface area contributed by atoms with Gasteiger partial charge < -0.3 is 4.74 Å². The first-order valence-corrected chi connectivity index (χ1v) is 12.0. The van der Waals surface area contributed by atoms with Crippen LogP contribution in [0.3, 0.4) is 0 Å². The van der Waals surface area contributed by atoms with Crippen LogP contribution in [0.2, 0.25) is 0 Å². The third-order valence-corrected chi connectivity index (χ3v) is 7.99. The molecule has 3 atom stereocenters. The van der Waals surface area contributed by atoms with Crippen LogP contribution >= 0.6 is 27.3 Å². The largest absolute Gasteiger partial charge is 0.483 e. The summed E-state index contributed by atoms with van der Waals surface area (Å²) in [5.74, 6) is -0.507. The maximum Gasteiger partial charge on any atom is 0.296 e. The van der Waals surface area contributed by atoms with Gasteiger partial charge in [0, 0.05) is 11.4 Å². The summed E-state index contributed by atoms with van der Waals surface area (Å²) in [6.07, 6.45) is 3.32. The summed E-state index contributed by atoms with van der Waals surface area (Å²) in [5, 5.41) is 0.409. The normalized spacial score (nSPS) is 25.4. The van der Waals surface area contributed by atoms with E-state index in [9.17, 15) is 14.4 Å². The fourth-order valence-corrected chi connectivity index (χ4v) is 6.25.